The number of fused-ring (bicyclic) bond motifs is 1. The maximum Gasteiger partial charge on any atom is 0.298 e. The summed E-state index contributed by atoms with van der Waals surface area (Å²) in [5.41, 5.74) is 0. The molecule has 0 N–H and O–H groups in total. The van der Waals surface area contributed by atoms with E-state index in [4.69, 9.17) is 4.74 Å². The average Bonchev–Trinajstić information content (AvgIpc) is 2.23. The summed E-state index contributed by atoms with van der Waals surface area (Å²) in [5.74, 6) is 0.568. The fourth-order valence-corrected chi connectivity index (χ4v) is 1.82. The Morgan fingerprint density at radius 1 is 1.14 bits per heavy atom. The predicted octanol–water partition coefficient (Wildman–Crippen LogP) is 3.14. The van der Waals surface area contributed by atoms with Gasteiger partial charge in [0.15, 0.2) is 5.75 Å². The van der Waals surface area contributed by atoms with E-state index in [1.54, 1.807) is 0 Å². The summed E-state index contributed by atoms with van der Waals surface area (Å²) in [7, 11) is 0. The van der Waals surface area contributed by atoms with Crippen LogP contribution >= 0.6 is 15.9 Å². The van der Waals surface area contributed by atoms with Crippen molar-refractivity contribution in [3.05, 3.63) is 40.9 Å². The maximum absolute atomic E-state index is 10.3. The van der Waals surface area contributed by atoms with E-state index in [-0.39, 0.29) is 0 Å². The third kappa shape index (κ3) is 1.51. The summed E-state index contributed by atoms with van der Waals surface area (Å²) in [6.45, 7) is 0.437. The average molecular weight is 251 g/mol. The smallest absolute Gasteiger partial charge is 0.298 e. The van der Waals surface area contributed by atoms with Gasteiger partial charge in [-0.05, 0) is 27.4 Å². The number of hydrogen-bond acceptors (Lipinski definition) is 2. The van der Waals surface area contributed by atoms with Crippen LogP contribution in [0, 0.1) is 0 Å². The van der Waals surface area contributed by atoms with Crippen molar-refractivity contribution in [3.8, 4) is 5.75 Å². The molecule has 0 aliphatic rings. The minimum absolute atomic E-state index is 0.437. The van der Waals surface area contributed by atoms with Crippen molar-refractivity contribution >= 4 is 33.2 Å². The van der Waals surface area contributed by atoms with Crippen LogP contribution in [0.2, 0.25) is 0 Å². The number of carbonyl (C=O) groups is 1. The highest BCUT2D eigenvalue weighted by atomic mass is 79.9. The topological polar surface area (TPSA) is 26.3 Å². The lowest BCUT2D eigenvalue weighted by Gasteiger charge is -2.05. The van der Waals surface area contributed by atoms with Crippen molar-refractivity contribution in [2.75, 3.05) is 0 Å². The molecule has 2 nitrogen and oxygen atoms in total. The Labute approximate surface area is 89.6 Å². The van der Waals surface area contributed by atoms with Crippen LogP contribution in [-0.2, 0) is 4.79 Å². The number of carbonyl (C=O) groups excluding carboxylic acids is 1. The monoisotopic (exact) mass is 250 g/mol. The molecule has 0 amide bonds. The van der Waals surface area contributed by atoms with Gasteiger partial charge in [-0.2, -0.15) is 0 Å². The lowest BCUT2D eigenvalue weighted by atomic mass is 10.1. The Hall–Kier alpha value is -1.35. The summed E-state index contributed by atoms with van der Waals surface area (Å²) in [4.78, 5) is 10.3. The molecule has 2 aromatic rings. The molecule has 0 aliphatic heterocycles. The first kappa shape index (κ1) is 9.21. The van der Waals surface area contributed by atoms with Gasteiger partial charge >= 0.3 is 0 Å². The van der Waals surface area contributed by atoms with Crippen molar-refractivity contribution in [1.82, 2.24) is 0 Å². The number of ether oxygens (including phenoxy) is 1. The molecule has 3 heteroatoms. The molecule has 2 aromatic carbocycles. The Morgan fingerprint density at radius 3 is 2.71 bits per heavy atom. The number of halogens is 1. The molecule has 0 fully saturated rings. The minimum Gasteiger partial charge on any atom is -0.427 e. The summed E-state index contributed by atoms with van der Waals surface area (Å²) < 4.78 is 5.70. The predicted molar refractivity (Wildman–Crippen MR) is 58.3 cm³/mol. The van der Waals surface area contributed by atoms with E-state index in [0.29, 0.717) is 12.2 Å². The molecule has 0 radical (unpaired) electrons. The molecule has 14 heavy (non-hydrogen) atoms. The lowest BCUT2D eigenvalue weighted by Crippen LogP contribution is -1.90. The molecule has 0 bridgehead atoms. The van der Waals surface area contributed by atoms with E-state index in [9.17, 15) is 4.79 Å². The summed E-state index contributed by atoms with van der Waals surface area (Å²) in [6, 6.07) is 11.6. The van der Waals surface area contributed by atoms with Gasteiger partial charge in [0.2, 0.25) is 0 Å². The van der Waals surface area contributed by atoms with E-state index in [2.05, 4.69) is 15.9 Å². The number of hydrogen-bond donors (Lipinski definition) is 0. The second-order valence-electron chi connectivity index (χ2n) is 2.81. The van der Waals surface area contributed by atoms with Gasteiger partial charge in [0.25, 0.3) is 6.47 Å². The standard InChI is InChI=1S/C11H7BrO2/c12-10-6-5-8-3-1-2-4-9(8)11(10)14-7-13/h1-7H. The Morgan fingerprint density at radius 2 is 1.93 bits per heavy atom. The van der Waals surface area contributed by atoms with Crippen LogP contribution in [0.3, 0.4) is 0 Å². The van der Waals surface area contributed by atoms with E-state index in [1.807, 2.05) is 36.4 Å². The SMILES string of the molecule is O=COc1c(Br)ccc2ccccc12. The molecular weight excluding hydrogens is 244 g/mol. The summed E-state index contributed by atoms with van der Waals surface area (Å²) in [5, 5.41) is 1.97. The molecular formula is C11H7BrO2. The lowest BCUT2D eigenvalue weighted by molar-refractivity contribution is -0.120. The van der Waals surface area contributed by atoms with Gasteiger partial charge < -0.3 is 4.74 Å². The van der Waals surface area contributed by atoms with E-state index in [1.165, 1.54) is 0 Å². The van der Waals surface area contributed by atoms with Gasteiger partial charge in [-0.1, -0.05) is 30.3 Å². The van der Waals surface area contributed by atoms with Crippen molar-refractivity contribution in [2.45, 2.75) is 0 Å². The van der Waals surface area contributed by atoms with Crippen molar-refractivity contribution in [3.63, 3.8) is 0 Å². The molecule has 0 aromatic heterocycles. The van der Waals surface area contributed by atoms with Crippen LogP contribution in [0.4, 0.5) is 0 Å². The molecule has 2 rings (SSSR count). The first-order valence-corrected chi connectivity index (χ1v) is 4.90. The molecule has 0 aliphatic carbocycles. The van der Waals surface area contributed by atoms with E-state index < -0.39 is 0 Å². The first-order chi connectivity index (χ1) is 6.83. The minimum atomic E-state index is 0.437. The third-order valence-electron chi connectivity index (χ3n) is 2.00. The van der Waals surface area contributed by atoms with Crippen LogP contribution in [0.25, 0.3) is 10.8 Å². The van der Waals surface area contributed by atoms with Crippen LogP contribution in [0.1, 0.15) is 0 Å². The third-order valence-corrected chi connectivity index (χ3v) is 2.62. The number of rotatable bonds is 2. The van der Waals surface area contributed by atoms with Crippen LogP contribution in [0.15, 0.2) is 40.9 Å². The van der Waals surface area contributed by atoms with Crippen LogP contribution in [0.5, 0.6) is 5.75 Å². The van der Waals surface area contributed by atoms with E-state index in [0.717, 1.165) is 15.2 Å². The summed E-state index contributed by atoms with van der Waals surface area (Å²) >= 11 is 3.33. The maximum atomic E-state index is 10.3. The zero-order valence-electron chi connectivity index (χ0n) is 7.24. The van der Waals surface area contributed by atoms with Gasteiger partial charge in [0.1, 0.15) is 0 Å². The van der Waals surface area contributed by atoms with Crippen LogP contribution < -0.4 is 4.74 Å². The molecule has 70 valence electrons. The molecule has 0 spiro atoms. The molecule has 0 heterocycles. The molecule has 0 saturated heterocycles. The Balaban J connectivity index is 2.75. The van der Waals surface area contributed by atoms with Crippen molar-refractivity contribution in [2.24, 2.45) is 0 Å². The highest BCUT2D eigenvalue weighted by molar-refractivity contribution is 9.10. The fraction of sp³-hybridized carbons (Fsp3) is 0. The fourth-order valence-electron chi connectivity index (χ4n) is 1.38. The Kier molecular flexibility index (Phi) is 2.50. The van der Waals surface area contributed by atoms with Gasteiger partial charge in [-0.25, -0.2) is 0 Å². The quantitative estimate of drug-likeness (QED) is 0.766. The largest absolute Gasteiger partial charge is 0.427 e. The van der Waals surface area contributed by atoms with Gasteiger partial charge in [0, 0.05) is 5.39 Å². The second-order valence-corrected chi connectivity index (χ2v) is 3.67. The van der Waals surface area contributed by atoms with Crippen molar-refractivity contribution in [1.29, 1.82) is 0 Å². The Bertz CT molecular complexity index is 480. The van der Waals surface area contributed by atoms with Gasteiger partial charge in [0.05, 0.1) is 4.47 Å². The zero-order valence-corrected chi connectivity index (χ0v) is 8.82. The van der Waals surface area contributed by atoms with Crippen LogP contribution in [-0.4, -0.2) is 6.47 Å². The molecule has 0 atom stereocenters. The summed E-state index contributed by atoms with van der Waals surface area (Å²) in [6.07, 6.45) is 0. The molecule has 0 unspecified atom stereocenters. The van der Waals surface area contributed by atoms with Crippen molar-refractivity contribution < 1.29 is 9.53 Å². The normalized spacial score (nSPS) is 10.1. The zero-order chi connectivity index (χ0) is 9.97. The highest BCUT2D eigenvalue weighted by Crippen LogP contribution is 2.33. The van der Waals surface area contributed by atoms with Gasteiger partial charge in [-0.15, -0.1) is 0 Å². The van der Waals surface area contributed by atoms with E-state index >= 15 is 0 Å². The second kappa shape index (κ2) is 3.80. The highest BCUT2D eigenvalue weighted by Gasteiger charge is 2.05. The molecule has 0 saturated carbocycles. The van der Waals surface area contributed by atoms with Gasteiger partial charge in [-0.3, -0.25) is 4.79 Å². The first-order valence-electron chi connectivity index (χ1n) is 4.10. The number of benzene rings is 2.